The maximum absolute atomic E-state index is 3.60. The molecule has 14 heavy (non-hydrogen) atoms. The van der Waals surface area contributed by atoms with E-state index in [-0.39, 0.29) is 0 Å². The highest BCUT2D eigenvalue weighted by molar-refractivity contribution is 4.73. The lowest BCUT2D eigenvalue weighted by atomic mass is 9.86. The minimum Gasteiger partial charge on any atom is -0.314 e. The molecule has 0 aliphatic rings. The maximum atomic E-state index is 3.60. The molecule has 1 N–H and O–H groups in total. The molecular formula is C13H29N. The van der Waals surface area contributed by atoms with E-state index >= 15 is 0 Å². The summed E-state index contributed by atoms with van der Waals surface area (Å²) in [6.07, 6.45) is 6.67. The van der Waals surface area contributed by atoms with Gasteiger partial charge in [0, 0.05) is 12.6 Å². The standard InChI is InChI=1S/C13H29N/c1-6-8-9-10-13(4,5)11-14-12(3)7-2/h12,14H,6-11H2,1-5H3. The Bertz CT molecular complexity index is 129. The Hall–Kier alpha value is -0.0400. The van der Waals surface area contributed by atoms with Crippen LogP contribution < -0.4 is 5.32 Å². The molecule has 1 unspecified atom stereocenters. The summed E-state index contributed by atoms with van der Waals surface area (Å²) in [7, 11) is 0. The first-order valence-corrected chi connectivity index (χ1v) is 6.25. The van der Waals surface area contributed by atoms with Crippen molar-refractivity contribution in [2.45, 2.75) is 72.8 Å². The fraction of sp³-hybridized carbons (Fsp3) is 1.00. The first-order chi connectivity index (χ1) is 6.52. The number of rotatable bonds is 8. The Labute approximate surface area is 90.7 Å². The van der Waals surface area contributed by atoms with Gasteiger partial charge in [0.05, 0.1) is 0 Å². The molecule has 1 heteroatoms. The molecule has 0 spiro atoms. The van der Waals surface area contributed by atoms with Crippen molar-refractivity contribution in [2.24, 2.45) is 5.41 Å². The second-order valence-corrected chi connectivity index (χ2v) is 5.31. The molecule has 0 rings (SSSR count). The highest BCUT2D eigenvalue weighted by Gasteiger charge is 2.17. The van der Waals surface area contributed by atoms with Crippen LogP contribution in [0.3, 0.4) is 0 Å². The molecule has 86 valence electrons. The van der Waals surface area contributed by atoms with Crippen molar-refractivity contribution < 1.29 is 0 Å². The van der Waals surface area contributed by atoms with E-state index in [1.165, 1.54) is 32.1 Å². The Morgan fingerprint density at radius 1 is 1.14 bits per heavy atom. The molecule has 0 radical (unpaired) electrons. The summed E-state index contributed by atoms with van der Waals surface area (Å²) >= 11 is 0. The second-order valence-electron chi connectivity index (χ2n) is 5.31. The Balaban J connectivity index is 3.60. The third kappa shape index (κ3) is 7.37. The molecule has 0 aliphatic heterocycles. The summed E-state index contributed by atoms with van der Waals surface area (Å²) in [5, 5.41) is 3.60. The number of hydrogen-bond donors (Lipinski definition) is 1. The average molecular weight is 199 g/mol. The van der Waals surface area contributed by atoms with Crippen LogP contribution in [0.15, 0.2) is 0 Å². The highest BCUT2D eigenvalue weighted by atomic mass is 14.9. The maximum Gasteiger partial charge on any atom is 0.00363 e. The number of hydrogen-bond acceptors (Lipinski definition) is 1. The van der Waals surface area contributed by atoms with Crippen LogP contribution in [0.4, 0.5) is 0 Å². The molecule has 0 saturated heterocycles. The van der Waals surface area contributed by atoms with Crippen molar-refractivity contribution in [1.82, 2.24) is 5.32 Å². The van der Waals surface area contributed by atoms with Gasteiger partial charge in [0.2, 0.25) is 0 Å². The van der Waals surface area contributed by atoms with Gasteiger partial charge in [0.25, 0.3) is 0 Å². The molecule has 0 aromatic heterocycles. The van der Waals surface area contributed by atoms with Crippen LogP contribution in [-0.4, -0.2) is 12.6 Å². The predicted molar refractivity (Wildman–Crippen MR) is 65.7 cm³/mol. The highest BCUT2D eigenvalue weighted by Crippen LogP contribution is 2.22. The number of unbranched alkanes of at least 4 members (excludes halogenated alkanes) is 2. The van der Waals surface area contributed by atoms with Crippen LogP contribution in [0, 0.1) is 5.41 Å². The largest absolute Gasteiger partial charge is 0.314 e. The van der Waals surface area contributed by atoms with E-state index < -0.39 is 0 Å². The van der Waals surface area contributed by atoms with Crippen LogP contribution in [0.2, 0.25) is 0 Å². The topological polar surface area (TPSA) is 12.0 Å². The third-order valence-corrected chi connectivity index (χ3v) is 3.00. The second kappa shape index (κ2) is 7.28. The molecule has 0 aromatic carbocycles. The van der Waals surface area contributed by atoms with Gasteiger partial charge in [-0.05, 0) is 25.2 Å². The lowest BCUT2D eigenvalue weighted by molar-refractivity contribution is 0.288. The van der Waals surface area contributed by atoms with E-state index in [9.17, 15) is 0 Å². The molecule has 0 amide bonds. The van der Waals surface area contributed by atoms with E-state index in [1.807, 2.05) is 0 Å². The molecule has 0 saturated carbocycles. The minimum atomic E-state index is 0.471. The fourth-order valence-corrected chi connectivity index (χ4v) is 1.54. The van der Waals surface area contributed by atoms with Crippen molar-refractivity contribution in [3.8, 4) is 0 Å². The van der Waals surface area contributed by atoms with Crippen LogP contribution in [0.25, 0.3) is 0 Å². The van der Waals surface area contributed by atoms with Gasteiger partial charge in [-0.25, -0.2) is 0 Å². The third-order valence-electron chi connectivity index (χ3n) is 3.00. The zero-order chi connectivity index (χ0) is 11.0. The summed E-state index contributed by atoms with van der Waals surface area (Å²) < 4.78 is 0. The Kier molecular flexibility index (Phi) is 7.26. The Morgan fingerprint density at radius 3 is 2.29 bits per heavy atom. The Morgan fingerprint density at radius 2 is 1.79 bits per heavy atom. The van der Waals surface area contributed by atoms with Gasteiger partial charge in [0.1, 0.15) is 0 Å². The first-order valence-electron chi connectivity index (χ1n) is 6.25. The summed E-state index contributed by atoms with van der Waals surface area (Å²) in [6.45, 7) is 12.7. The van der Waals surface area contributed by atoms with Crippen LogP contribution in [0.1, 0.15) is 66.7 Å². The van der Waals surface area contributed by atoms with Gasteiger partial charge in [-0.3, -0.25) is 0 Å². The van der Waals surface area contributed by atoms with Crippen LogP contribution in [0.5, 0.6) is 0 Å². The van der Waals surface area contributed by atoms with Gasteiger partial charge < -0.3 is 5.32 Å². The summed E-state index contributed by atoms with van der Waals surface area (Å²) in [5.41, 5.74) is 0.471. The monoisotopic (exact) mass is 199 g/mol. The van der Waals surface area contributed by atoms with Crippen molar-refractivity contribution in [1.29, 1.82) is 0 Å². The fourth-order valence-electron chi connectivity index (χ4n) is 1.54. The van der Waals surface area contributed by atoms with Gasteiger partial charge in [-0.2, -0.15) is 0 Å². The van der Waals surface area contributed by atoms with E-state index in [2.05, 4.69) is 39.9 Å². The van der Waals surface area contributed by atoms with Crippen molar-refractivity contribution in [3.63, 3.8) is 0 Å². The summed E-state index contributed by atoms with van der Waals surface area (Å²) in [5.74, 6) is 0. The SMILES string of the molecule is CCCCCC(C)(C)CNC(C)CC. The van der Waals surface area contributed by atoms with E-state index in [0.717, 1.165) is 6.54 Å². The van der Waals surface area contributed by atoms with Crippen molar-refractivity contribution in [3.05, 3.63) is 0 Å². The molecule has 0 bridgehead atoms. The molecule has 0 heterocycles. The van der Waals surface area contributed by atoms with Gasteiger partial charge in [0.15, 0.2) is 0 Å². The van der Waals surface area contributed by atoms with Crippen LogP contribution >= 0.6 is 0 Å². The van der Waals surface area contributed by atoms with Gasteiger partial charge in [-0.1, -0.05) is 47.0 Å². The summed E-state index contributed by atoms with van der Waals surface area (Å²) in [4.78, 5) is 0. The lowest BCUT2D eigenvalue weighted by Gasteiger charge is -2.27. The lowest BCUT2D eigenvalue weighted by Crippen LogP contribution is -2.35. The minimum absolute atomic E-state index is 0.471. The molecular weight excluding hydrogens is 170 g/mol. The summed E-state index contributed by atoms with van der Waals surface area (Å²) in [6, 6.07) is 0.667. The smallest absolute Gasteiger partial charge is 0.00363 e. The zero-order valence-corrected chi connectivity index (χ0v) is 10.8. The van der Waals surface area contributed by atoms with E-state index in [1.54, 1.807) is 0 Å². The predicted octanol–water partition coefficient (Wildman–Crippen LogP) is 3.98. The molecule has 1 nitrogen and oxygen atoms in total. The molecule has 0 aliphatic carbocycles. The quantitative estimate of drug-likeness (QED) is 0.583. The van der Waals surface area contributed by atoms with Gasteiger partial charge in [-0.15, -0.1) is 0 Å². The van der Waals surface area contributed by atoms with Gasteiger partial charge >= 0.3 is 0 Å². The van der Waals surface area contributed by atoms with E-state index in [0.29, 0.717) is 11.5 Å². The normalized spacial score (nSPS) is 14.4. The molecule has 0 aromatic rings. The van der Waals surface area contributed by atoms with Crippen molar-refractivity contribution >= 4 is 0 Å². The average Bonchev–Trinajstić information content (AvgIpc) is 2.14. The number of nitrogens with one attached hydrogen (secondary N) is 1. The molecule has 0 fully saturated rings. The van der Waals surface area contributed by atoms with Crippen LogP contribution in [-0.2, 0) is 0 Å². The van der Waals surface area contributed by atoms with Crippen molar-refractivity contribution in [2.75, 3.05) is 6.54 Å². The van der Waals surface area contributed by atoms with E-state index in [4.69, 9.17) is 0 Å². The first kappa shape index (κ1) is 14.0. The molecule has 1 atom stereocenters. The zero-order valence-electron chi connectivity index (χ0n) is 10.8.